The van der Waals surface area contributed by atoms with E-state index in [1.807, 2.05) is 9.80 Å². The van der Waals surface area contributed by atoms with E-state index in [1.165, 1.54) is 16.7 Å². The van der Waals surface area contributed by atoms with Crippen molar-refractivity contribution in [2.45, 2.75) is 51.3 Å². The second kappa shape index (κ2) is 5.59. The zero-order valence-corrected chi connectivity index (χ0v) is 14.4. The molecule has 3 heterocycles. The van der Waals surface area contributed by atoms with Crippen LogP contribution in [0.3, 0.4) is 0 Å². The molecule has 1 spiro atoms. The summed E-state index contributed by atoms with van der Waals surface area (Å²) in [4.78, 5) is 28.7. The molecule has 128 valence electrons. The number of likely N-dealkylation sites (tertiary alicyclic amines) is 1. The molecule has 0 saturated carbocycles. The summed E-state index contributed by atoms with van der Waals surface area (Å²) in [5.74, 6) is 0.269. The van der Waals surface area contributed by atoms with Crippen LogP contribution in [0, 0.1) is 13.8 Å². The van der Waals surface area contributed by atoms with Crippen molar-refractivity contribution in [1.29, 1.82) is 0 Å². The molecule has 0 aromatic heterocycles. The Morgan fingerprint density at radius 1 is 1.25 bits per heavy atom. The fourth-order valence-corrected chi connectivity index (χ4v) is 4.70. The van der Waals surface area contributed by atoms with Gasteiger partial charge in [0.15, 0.2) is 5.72 Å². The summed E-state index contributed by atoms with van der Waals surface area (Å²) < 4.78 is 5.94. The summed E-state index contributed by atoms with van der Waals surface area (Å²) in [6.45, 7) is 6.12. The van der Waals surface area contributed by atoms with E-state index >= 15 is 0 Å². The first-order chi connectivity index (χ1) is 11.5. The van der Waals surface area contributed by atoms with Crippen molar-refractivity contribution in [2.75, 3.05) is 19.7 Å². The minimum absolute atomic E-state index is 0.0979. The van der Waals surface area contributed by atoms with Gasteiger partial charge < -0.3 is 14.5 Å². The van der Waals surface area contributed by atoms with Crippen molar-refractivity contribution < 1.29 is 14.3 Å². The lowest BCUT2D eigenvalue weighted by atomic mass is 10.0. The maximum Gasteiger partial charge on any atom is 0.227 e. The van der Waals surface area contributed by atoms with Gasteiger partial charge in [-0.2, -0.15) is 0 Å². The number of carbonyl (C=O) groups excluding carboxylic acids is 2. The van der Waals surface area contributed by atoms with Crippen LogP contribution in [0.5, 0.6) is 0 Å². The molecule has 0 N–H and O–H groups in total. The van der Waals surface area contributed by atoms with Crippen LogP contribution in [0.15, 0.2) is 18.2 Å². The van der Waals surface area contributed by atoms with Gasteiger partial charge in [0.1, 0.15) is 0 Å². The zero-order chi connectivity index (χ0) is 16.9. The van der Waals surface area contributed by atoms with Crippen LogP contribution >= 0.6 is 0 Å². The number of aryl methyl sites for hydroxylation is 3. The van der Waals surface area contributed by atoms with Gasteiger partial charge in [-0.25, -0.2) is 0 Å². The molecule has 4 rings (SSSR count). The number of carbonyl (C=O) groups is 2. The highest BCUT2D eigenvalue weighted by atomic mass is 16.5. The standard InChI is InChI=1S/C19H24N2O3/c1-13-9-14(2)11-15(10-13)3-4-17(22)20-6-5-19-16(20)12-18(23)21(19)7-8-24-19/h9-11,16H,3-8,12H2,1-2H3/t16-,19+/m1/s1. The Kier molecular flexibility index (Phi) is 3.64. The van der Waals surface area contributed by atoms with Crippen LogP contribution < -0.4 is 0 Å². The third kappa shape index (κ3) is 2.34. The van der Waals surface area contributed by atoms with Gasteiger partial charge in [-0.3, -0.25) is 9.59 Å². The predicted molar refractivity (Wildman–Crippen MR) is 89.4 cm³/mol. The van der Waals surface area contributed by atoms with E-state index < -0.39 is 5.72 Å². The first-order valence-electron chi connectivity index (χ1n) is 8.81. The van der Waals surface area contributed by atoms with Crippen LogP contribution in [-0.2, 0) is 20.7 Å². The van der Waals surface area contributed by atoms with Gasteiger partial charge in [0.2, 0.25) is 11.8 Å². The molecule has 3 saturated heterocycles. The molecule has 0 unspecified atom stereocenters. The van der Waals surface area contributed by atoms with E-state index in [-0.39, 0.29) is 17.9 Å². The Morgan fingerprint density at radius 3 is 2.75 bits per heavy atom. The van der Waals surface area contributed by atoms with Crippen molar-refractivity contribution in [1.82, 2.24) is 9.80 Å². The summed E-state index contributed by atoms with van der Waals surface area (Å²) in [5.41, 5.74) is 3.14. The molecule has 3 aliphatic rings. The van der Waals surface area contributed by atoms with Crippen LogP contribution in [0.2, 0.25) is 0 Å². The minimum atomic E-state index is -0.521. The Morgan fingerprint density at radius 2 is 2.00 bits per heavy atom. The van der Waals surface area contributed by atoms with Gasteiger partial charge in [0.25, 0.3) is 0 Å². The molecule has 5 heteroatoms. The largest absolute Gasteiger partial charge is 0.351 e. The lowest BCUT2D eigenvalue weighted by molar-refractivity contribution is -0.139. The van der Waals surface area contributed by atoms with Gasteiger partial charge >= 0.3 is 0 Å². The number of rotatable bonds is 3. The first-order valence-corrected chi connectivity index (χ1v) is 8.81. The molecule has 3 aliphatic heterocycles. The number of ether oxygens (including phenoxy) is 1. The number of benzene rings is 1. The van der Waals surface area contributed by atoms with Crippen molar-refractivity contribution in [3.05, 3.63) is 34.9 Å². The van der Waals surface area contributed by atoms with Crippen molar-refractivity contribution in [3.63, 3.8) is 0 Å². The average molecular weight is 328 g/mol. The highest BCUT2D eigenvalue weighted by Crippen LogP contribution is 2.45. The highest BCUT2D eigenvalue weighted by molar-refractivity contribution is 5.84. The van der Waals surface area contributed by atoms with E-state index in [4.69, 9.17) is 4.74 Å². The molecule has 5 nitrogen and oxygen atoms in total. The quantitative estimate of drug-likeness (QED) is 0.850. The topological polar surface area (TPSA) is 49.9 Å². The normalized spacial score (nSPS) is 28.4. The molecular weight excluding hydrogens is 304 g/mol. The van der Waals surface area contributed by atoms with Gasteiger partial charge in [0.05, 0.1) is 19.1 Å². The smallest absolute Gasteiger partial charge is 0.227 e. The Bertz CT molecular complexity index is 682. The molecule has 1 aromatic rings. The Hall–Kier alpha value is -1.88. The molecule has 3 fully saturated rings. The summed E-state index contributed by atoms with van der Waals surface area (Å²) in [7, 11) is 0. The molecular formula is C19H24N2O3. The lowest BCUT2D eigenvalue weighted by Gasteiger charge is -2.31. The minimum Gasteiger partial charge on any atom is -0.351 e. The highest BCUT2D eigenvalue weighted by Gasteiger charge is 2.62. The molecule has 2 amide bonds. The maximum atomic E-state index is 12.8. The van der Waals surface area contributed by atoms with Gasteiger partial charge in [0, 0.05) is 25.9 Å². The van der Waals surface area contributed by atoms with Crippen LogP contribution in [-0.4, -0.2) is 53.1 Å². The van der Waals surface area contributed by atoms with Crippen molar-refractivity contribution >= 4 is 11.8 Å². The van der Waals surface area contributed by atoms with E-state index in [0.29, 0.717) is 32.5 Å². The molecule has 0 bridgehead atoms. The first kappa shape index (κ1) is 15.6. The predicted octanol–water partition coefficient (Wildman–Crippen LogP) is 1.80. The summed E-state index contributed by atoms with van der Waals surface area (Å²) in [5, 5.41) is 0. The van der Waals surface area contributed by atoms with Gasteiger partial charge in [-0.05, 0) is 25.8 Å². The second-order valence-corrected chi connectivity index (χ2v) is 7.29. The summed E-state index contributed by atoms with van der Waals surface area (Å²) in [6.07, 6.45) is 2.40. The zero-order valence-electron chi connectivity index (χ0n) is 14.4. The lowest BCUT2D eigenvalue weighted by Crippen LogP contribution is -2.48. The number of amides is 2. The van der Waals surface area contributed by atoms with Crippen LogP contribution in [0.4, 0.5) is 0 Å². The molecule has 0 radical (unpaired) electrons. The monoisotopic (exact) mass is 328 g/mol. The van der Waals surface area contributed by atoms with E-state index in [0.717, 1.165) is 12.8 Å². The van der Waals surface area contributed by atoms with Gasteiger partial charge in [-0.1, -0.05) is 29.3 Å². The summed E-state index contributed by atoms with van der Waals surface area (Å²) >= 11 is 0. The molecule has 0 aliphatic carbocycles. The SMILES string of the molecule is Cc1cc(C)cc(CCC(=O)N2CC[C@@]34OCCN3C(=O)C[C@@H]24)c1. The van der Waals surface area contributed by atoms with Crippen molar-refractivity contribution in [2.24, 2.45) is 0 Å². The summed E-state index contributed by atoms with van der Waals surface area (Å²) in [6, 6.07) is 6.34. The van der Waals surface area contributed by atoms with Gasteiger partial charge in [-0.15, -0.1) is 0 Å². The van der Waals surface area contributed by atoms with E-state index in [9.17, 15) is 9.59 Å². The fraction of sp³-hybridized carbons (Fsp3) is 0.579. The average Bonchev–Trinajstić information content (AvgIpc) is 3.15. The molecule has 24 heavy (non-hydrogen) atoms. The van der Waals surface area contributed by atoms with Crippen molar-refractivity contribution in [3.8, 4) is 0 Å². The van der Waals surface area contributed by atoms with Crippen LogP contribution in [0.25, 0.3) is 0 Å². The number of hydrogen-bond acceptors (Lipinski definition) is 3. The third-order valence-corrected chi connectivity index (χ3v) is 5.63. The fourth-order valence-electron chi connectivity index (χ4n) is 4.70. The number of nitrogens with zero attached hydrogens (tertiary/aromatic N) is 2. The Labute approximate surface area is 142 Å². The van der Waals surface area contributed by atoms with E-state index in [1.54, 1.807) is 0 Å². The molecule has 2 atom stereocenters. The van der Waals surface area contributed by atoms with E-state index in [2.05, 4.69) is 32.0 Å². The Balaban J connectivity index is 1.45. The third-order valence-electron chi connectivity index (χ3n) is 5.63. The second-order valence-electron chi connectivity index (χ2n) is 7.29. The maximum absolute atomic E-state index is 12.8. The van der Waals surface area contributed by atoms with Crippen LogP contribution in [0.1, 0.15) is 36.0 Å². The molecule has 1 aromatic carbocycles. The number of hydrogen-bond donors (Lipinski definition) is 0.